The van der Waals surface area contributed by atoms with Gasteiger partial charge in [0, 0.05) is 29.9 Å². The van der Waals surface area contributed by atoms with Crippen LogP contribution >= 0.6 is 0 Å². The number of rotatable bonds is 10. The van der Waals surface area contributed by atoms with Gasteiger partial charge in [0.25, 0.3) is 0 Å². The van der Waals surface area contributed by atoms with Gasteiger partial charge in [-0.25, -0.2) is 4.39 Å². The van der Waals surface area contributed by atoms with Gasteiger partial charge in [0.2, 0.25) is 6.36 Å². The Balaban J connectivity index is 1.16. The lowest BCUT2D eigenvalue weighted by atomic mass is 9.97. The van der Waals surface area contributed by atoms with Crippen LogP contribution < -0.4 is 15.9 Å². The molecule has 4 unspecified atom stereocenters. The van der Waals surface area contributed by atoms with Crippen molar-refractivity contribution >= 4 is 11.4 Å². The lowest BCUT2D eigenvalue weighted by Gasteiger charge is -2.37. The number of anilines is 2. The molecule has 0 bridgehead atoms. The molecule has 4 atom stereocenters. The van der Waals surface area contributed by atoms with Crippen LogP contribution in [0.4, 0.5) is 15.8 Å². The lowest BCUT2D eigenvalue weighted by Crippen LogP contribution is -2.54. The molecule has 1 saturated carbocycles. The second-order valence-corrected chi connectivity index (χ2v) is 11.6. The Morgan fingerprint density at radius 3 is 2.63 bits per heavy atom. The zero-order valence-electron chi connectivity index (χ0n) is 24.8. The zero-order valence-corrected chi connectivity index (χ0v) is 24.8. The summed E-state index contributed by atoms with van der Waals surface area (Å²) in [6.45, 7) is 7.82. The number of nitriles is 1. The third kappa shape index (κ3) is 6.31. The highest BCUT2D eigenvalue weighted by atomic mass is 19.1. The monoisotopic (exact) mass is 591 g/mol. The minimum absolute atomic E-state index is 0.178. The Kier molecular flexibility index (Phi) is 8.77. The summed E-state index contributed by atoms with van der Waals surface area (Å²) in [5, 5.41) is 17.1. The molecule has 10 nitrogen and oxygen atoms in total. The van der Waals surface area contributed by atoms with Gasteiger partial charge >= 0.3 is 0 Å². The second kappa shape index (κ2) is 12.7. The number of alkyl halides is 1. The summed E-state index contributed by atoms with van der Waals surface area (Å²) in [7, 11) is 0. The van der Waals surface area contributed by atoms with Crippen molar-refractivity contribution in [3.8, 4) is 17.2 Å². The van der Waals surface area contributed by atoms with Crippen LogP contribution in [-0.4, -0.2) is 56.3 Å². The van der Waals surface area contributed by atoms with Crippen LogP contribution in [0.3, 0.4) is 0 Å². The number of aryl methyl sites for hydroxylation is 3. The molecule has 1 aliphatic carbocycles. The third-order valence-electron chi connectivity index (χ3n) is 8.57. The van der Waals surface area contributed by atoms with E-state index in [1.54, 1.807) is 0 Å². The maximum absolute atomic E-state index is 14.9. The minimum Gasteiger partial charge on any atom is -0.361 e. The third-order valence-corrected chi connectivity index (χ3v) is 8.57. The van der Waals surface area contributed by atoms with Gasteiger partial charge in [-0.05, 0) is 81.5 Å². The molecule has 3 aromatic rings. The SMILES string of the molecule is Cc1ccc(-c2c(C)noc2C)cc1N(CCCNC1COC(C2CCONO2)OC1F)c1ccc(C2(C#N)CC2)cc1. The Labute approximate surface area is 250 Å². The summed E-state index contributed by atoms with van der Waals surface area (Å²) in [4.78, 5) is 12.5. The molecule has 6 rings (SSSR count). The summed E-state index contributed by atoms with van der Waals surface area (Å²) in [6, 6.07) is 16.6. The van der Waals surface area contributed by atoms with Gasteiger partial charge in [-0.2, -0.15) is 5.26 Å². The Morgan fingerprint density at radius 2 is 1.98 bits per heavy atom. The molecular weight excluding hydrogens is 553 g/mol. The summed E-state index contributed by atoms with van der Waals surface area (Å²) in [6.07, 6.45) is 0.359. The Hall–Kier alpha value is -3.37. The van der Waals surface area contributed by atoms with E-state index in [0.29, 0.717) is 26.1 Å². The molecule has 3 aliphatic rings. The number of halogens is 1. The highest BCUT2D eigenvalue weighted by Gasteiger charge is 2.44. The van der Waals surface area contributed by atoms with E-state index in [0.717, 1.165) is 64.3 Å². The van der Waals surface area contributed by atoms with E-state index in [-0.39, 0.29) is 12.0 Å². The summed E-state index contributed by atoms with van der Waals surface area (Å²) in [5.74, 6) is 0.776. The summed E-state index contributed by atoms with van der Waals surface area (Å²) >= 11 is 0. The predicted octanol–water partition coefficient (Wildman–Crippen LogP) is 5.20. The standard InChI is InChI=1S/C32H38FN5O5/c1-20-5-6-23(29-21(2)36-42-22(29)3)17-27(20)38(25-9-7-24(8-10-25)32(19-34)12-13-32)15-4-14-35-26-18-39-31(41-30(26)33)28-11-16-40-37-43-28/h5-10,17,26,28,30-31,35,37H,4,11-16,18H2,1-3H3. The first kappa shape index (κ1) is 29.7. The van der Waals surface area contributed by atoms with Crippen molar-refractivity contribution in [3.05, 3.63) is 65.0 Å². The van der Waals surface area contributed by atoms with E-state index in [4.69, 9.17) is 23.7 Å². The fourth-order valence-corrected chi connectivity index (χ4v) is 5.86. The van der Waals surface area contributed by atoms with E-state index < -0.39 is 24.8 Å². The highest BCUT2D eigenvalue weighted by Crippen LogP contribution is 2.48. The van der Waals surface area contributed by atoms with E-state index in [1.165, 1.54) is 0 Å². The number of aromatic nitrogens is 1. The summed E-state index contributed by atoms with van der Waals surface area (Å²) in [5.41, 5.74) is 9.16. The van der Waals surface area contributed by atoms with Gasteiger partial charge in [0.05, 0.1) is 36.4 Å². The van der Waals surface area contributed by atoms with E-state index in [1.807, 2.05) is 13.8 Å². The van der Waals surface area contributed by atoms with Gasteiger partial charge in [-0.3, -0.25) is 9.68 Å². The van der Waals surface area contributed by atoms with Gasteiger partial charge in [-0.1, -0.05) is 35.1 Å². The molecule has 3 fully saturated rings. The summed E-state index contributed by atoms with van der Waals surface area (Å²) < 4.78 is 31.6. The minimum atomic E-state index is -1.52. The Bertz CT molecular complexity index is 1430. The fourth-order valence-electron chi connectivity index (χ4n) is 5.86. The molecule has 2 aromatic carbocycles. The number of hydrogen-bond donors (Lipinski definition) is 2. The smallest absolute Gasteiger partial charge is 0.219 e. The van der Waals surface area contributed by atoms with Crippen molar-refractivity contribution in [2.75, 3.05) is 31.2 Å². The van der Waals surface area contributed by atoms with Crippen molar-refractivity contribution in [1.29, 1.82) is 5.26 Å². The first-order valence-electron chi connectivity index (χ1n) is 14.9. The van der Waals surface area contributed by atoms with Crippen LogP contribution in [0.5, 0.6) is 0 Å². The number of nitrogens with one attached hydrogen (secondary N) is 2. The van der Waals surface area contributed by atoms with Gasteiger partial charge in [-0.15, -0.1) is 0 Å². The average Bonchev–Trinajstić information content (AvgIpc) is 3.77. The van der Waals surface area contributed by atoms with E-state index in [9.17, 15) is 9.65 Å². The number of benzene rings is 2. The first-order valence-corrected chi connectivity index (χ1v) is 14.9. The second-order valence-electron chi connectivity index (χ2n) is 11.6. The molecule has 11 heteroatoms. The maximum Gasteiger partial charge on any atom is 0.219 e. The molecule has 0 radical (unpaired) electrons. The van der Waals surface area contributed by atoms with Gasteiger partial charge in [0.1, 0.15) is 11.9 Å². The Morgan fingerprint density at radius 1 is 1.16 bits per heavy atom. The average molecular weight is 592 g/mol. The highest BCUT2D eigenvalue weighted by molar-refractivity contribution is 5.76. The molecule has 2 N–H and O–H groups in total. The van der Waals surface area contributed by atoms with E-state index in [2.05, 4.69) is 76.5 Å². The number of nitrogens with zero attached hydrogens (tertiary/aromatic N) is 3. The van der Waals surface area contributed by atoms with Crippen molar-refractivity contribution < 1.29 is 28.1 Å². The van der Waals surface area contributed by atoms with Gasteiger partial charge < -0.3 is 24.2 Å². The number of ether oxygens (including phenoxy) is 2. The van der Waals surface area contributed by atoms with Crippen molar-refractivity contribution in [2.24, 2.45) is 0 Å². The van der Waals surface area contributed by atoms with Crippen LogP contribution in [0.25, 0.3) is 11.1 Å². The largest absolute Gasteiger partial charge is 0.361 e. The molecule has 0 amide bonds. The molecule has 2 saturated heterocycles. The topological polar surface area (TPSA) is 114 Å². The zero-order chi connectivity index (χ0) is 30.0. The number of hydrogen-bond acceptors (Lipinski definition) is 10. The molecule has 2 aliphatic heterocycles. The quantitative estimate of drug-likeness (QED) is 0.305. The van der Waals surface area contributed by atoms with Gasteiger partial charge in [0.15, 0.2) is 6.29 Å². The van der Waals surface area contributed by atoms with Crippen molar-refractivity contribution in [2.45, 2.75) is 76.7 Å². The maximum atomic E-state index is 14.9. The molecular formula is C32H38FN5O5. The predicted molar refractivity (Wildman–Crippen MR) is 157 cm³/mol. The molecule has 228 valence electrons. The van der Waals surface area contributed by atoms with Crippen LogP contribution in [0.15, 0.2) is 47.0 Å². The first-order chi connectivity index (χ1) is 20.9. The molecule has 1 aromatic heterocycles. The molecule has 0 spiro atoms. The van der Waals surface area contributed by atoms with Crippen LogP contribution in [0, 0.1) is 32.1 Å². The molecule has 43 heavy (non-hydrogen) atoms. The van der Waals surface area contributed by atoms with Crippen LogP contribution in [0.1, 0.15) is 48.3 Å². The fraction of sp³-hybridized carbons (Fsp3) is 0.500. The van der Waals surface area contributed by atoms with E-state index >= 15 is 0 Å². The molecule has 3 heterocycles. The van der Waals surface area contributed by atoms with Crippen molar-refractivity contribution in [1.82, 2.24) is 16.1 Å². The normalized spacial score (nSPS) is 24.8. The van der Waals surface area contributed by atoms with Crippen LogP contribution in [0.2, 0.25) is 0 Å². The lowest BCUT2D eigenvalue weighted by molar-refractivity contribution is -0.339. The van der Waals surface area contributed by atoms with Crippen molar-refractivity contribution in [3.63, 3.8) is 0 Å². The van der Waals surface area contributed by atoms with Crippen LogP contribution in [-0.2, 0) is 24.6 Å².